The molecule has 18 heteroatoms. The molecule has 0 bridgehead atoms. The highest BCUT2D eigenvalue weighted by molar-refractivity contribution is 8.29. The molecule has 2 aliphatic heterocycles. The smallest absolute Gasteiger partial charge is 0.339 e. The maximum Gasteiger partial charge on any atom is 0.339 e. The topological polar surface area (TPSA) is 214 Å². The summed E-state index contributed by atoms with van der Waals surface area (Å²) in [5, 5.41) is 42.5. The van der Waals surface area contributed by atoms with Crippen LogP contribution in [0.4, 0.5) is 11.4 Å². The number of benzene rings is 2. The number of nitrogens with one attached hydrogen (secondary N) is 2. The van der Waals surface area contributed by atoms with E-state index in [0.717, 1.165) is 47.8 Å². The summed E-state index contributed by atoms with van der Waals surface area (Å²) in [6.07, 6.45) is 0.359. The second-order valence-electron chi connectivity index (χ2n) is 9.69. The standard InChI is InChI=1S/C28H24N4O10S4/c33-17-7-5-13(11-15(17)25(39)40)29-19(35)3-1-9-31-23(37)21(45-27(31)43)22-24(38)32(28(44)46-22)10-2-4-20(36)30-14-6-8-18(34)16(12-14)26(41)42/h5-8,11-12,33-34H,1-4,9-10H2,(H,29,35)(H,30,36)(H,39,40)(H,41,42). The molecule has 2 fully saturated rings. The molecule has 2 aromatic rings. The third-order valence-electron chi connectivity index (χ3n) is 6.50. The van der Waals surface area contributed by atoms with Crippen LogP contribution in [0.15, 0.2) is 46.2 Å². The molecular formula is C28H24N4O10S4. The van der Waals surface area contributed by atoms with Crippen molar-refractivity contribution in [3.63, 3.8) is 0 Å². The van der Waals surface area contributed by atoms with Gasteiger partial charge in [-0.1, -0.05) is 48.0 Å². The minimum atomic E-state index is -1.35. The quantitative estimate of drug-likeness (QED) is 0.106. The highest BCUT2D eigenvalue weighted by Crippen LogP contribution is 2.42. The first-order valence-corrected chi connectivity index (χ1v) is 15.8. The zero-order valence-electron chi connectivity index (χ0n) is 23.5. The van der Waals surface area contributed by atoms with E-state index in [1.807, 2.05) is 0 Å². The summed E-state index contributed by atoms with van der Waals surface area (Å²) in [5.41, 5.74) is -0.371. The Morgan fingerprint density at radius 3 is 1.39 bits per heavy atom. The van der Waals surface area contributed by atoms with Gasteiger partial charge in [-0.25, -0.2) is 9.59 Å². The summed E-state index contributed by atoms with van der Waals surface area (Å²) >= 11 is 12.6. The number of nitrogens with zero attached hydrogens (tertiary/aromatic N) is 2. The predicted octanol–water partition coefficient (Wildman–Crippen LogP) is 3.56. The number of hydrogen-bond donors (Lipinski definition) is 6. The molecule has 2 aliphatic rings. The first-order valence-electron chi connectivity index (χ1n) is 13.3. The van der Waals surface area contributed by atoms with E-state index in [2.05, 4.69) is 10.6 Å². The van der Waals surface area contributed by atoms with Crippen LogP contribution in [0.5, 0.6) is 11.5 Å². The molecule has 0 saturated carbocycles. The van der Waals surface area contributed by atoms with Gasteiger partial charge in [-0.05, 0) is 49.2 Å². The third kappa shape index (κ3) is 8.00. The van der Waals surface area contributed by atoms with Crippen LogP contribution in [0.3, 0.4) is 0 Å². The molecule has 0 aromatic heterocycles. The van der Waals surface area contributed by atoms with Crippen molar-refractivity contribution in [2.75, 3.05) is 23.7 Å². The maximum absolute atomic E-state index is 13.2. The number of hydrogen-bond acceptors (Lipinski definition) is 12. The average molecular weight is 705 g/mol. The van der Waals surface area contributed by atoms with Crippen LogP contribution in [0.2, 0.25) is 0 Å². The van der Waals surface area contributed by atoms with Crippen LogP contribution in [0.1, 0.15) is 46.4 Å². The van der Waals surface area contributed by atoms with E-state index in [1.54, 1.807) is 0 Å². The van der Waals surface area contributed by atoms with E-state index in [0.29, 0.717) is 0 Å². The van der Waals surface area contributed by atoms with Gasteiger partial charge in [0.25, 0.3) is 11.8 Å². The van der Waals surface area contributed by atoms with Crippen molar-refractivity contribution in [3.05, 3.63) is 57.3 Å². The summed E-state index contributed by atoms with van der Waals surface area (Å²) in [6.45, 7) is 0.171. The van der Waals surface area contributed by atoms with Crippen molar-refractivity contribution in [1.82, 2.24) is 9.80 Å². The lowest BCUT2D eigenvalue weighted by Crippen LogP contribution is -2.31. The van der Waals surface area contributed by atoms with Gasteiger partial charge in [0.15, 0.2) is 0 Å². The zero-order valence-corrected chi connectivity index (χ0v) is 26.7. The summed E-state index contributed by atoms with van der Waals surface area (Å²) in [5.74, 6) is -5.49. The third-order valence-corrected chi connectivity index (χ3v) is 9.52. The highest BCUT2D eigenvalue weighted by atomic mass is 32.2. The molecule has 0 spiro atoms. The molecular weight excluding hydrogens is 681 g/mol. The van der Waals surface area contributed by atoms with Gasteiger partial charge in [-0.15, -0.1) is 0 Å². The highest BCUT2D eigenvalue weighted by Gasteiger charge is 2.41. The van der Waals surface area contributed by atoms with Gasteiger partial charge in [0.05, 0.1) is 9.81 Å². The number of carbonyl (C=O) groups is 6. The molecule has 14 nitrogen and oxygen atoms in total. The zero-order chi connectivity index (χ0) is 33.7. The van der Waals surface area contributed by atoms with Gasteiger partial charge in [0.2, 0.25) is 11.8 Å². The molecule has 46 heavy (non-hydrogen) atoms. The molecule has 0 radical (unpaired) electrons. The second kappa shape index (κ2) is 14.7. The Balaban J connectivity index is 1.28. The lowest BCUT2D eigenvalue weighted by Gasteiger charge is -2.15. The minimum Gasteiger partial charge on any atom is -0.507 e. The van der Waals surface area contributed by atoms with Gasteiger partial charge >= 0.3 is 11.9 Å². The number of carboxylic acids is 2. The molecule has 2 saturated heterocycles. The van der Waals surface area contributed by atoms with E-state index in [9.17, 15) is 39.0 Å². The first kappa shape index (κ1) is 34.4. The fourth-order valence-corrected chi connectivity index (χ4v) is 7.04. The largest absolute Gasteiger partial charge is 0.507 e. The average Bonchev–Trinajstić information content (AvgIpc) is 3.43. The molecule has 240 valence electrons. The monoisotopic (exact) mass is 704 g/mol. The van der Waals surface area contributed by atoms with Gasteiger partial charge < -0.3 is 31.1 Å². The van der Waals surface area contributed by atoms with E-state index in [1.165, 1.54) is 21.9 Å². The first-order chi connectivity index (χ1) is 21.8. The maximum atomic E-state index is 13.2. The minimum absolute atomic E-state index is 0.0289. The van der Waals surface area contributed by atoms with E-state index in [4.69, 9.17) is 34.6 Å². The van der Waals surface area contributed by atoms with Gasteiger partial charge in [0.1, 0.15) is 31.3 Å². The van der Waals surface area contributed by atoms with Crippen LogP contribution in [0.25, 0.3) is 0 Å². The van der Waals surface area contributed by atoms with Crippen molar-refractivity contribution < 1.29 is 49.2 Å². The van der Waals surface area contributed by atoms with Crippen molar-refractivity contribution in [2.45, 2.75) is 25.7 Å². The lowest BCUT2D eigenvalue weighted by molar-refractivity contribution is -0.124. The van der Waals surface area contributed by atoms with Crippen LogP contribution < -0.4 is 10.6 Å². The molecule has 6 N–H and O–H groups in total. The molecule has 0 aliphatic carbocycles. The number of aromatic hydroxyl groups is 2. The number of rotatable bonds is 12. The van der Waals surface area contributed by atoms with Crippen molar-refractivity contribution in [1.29, 1.82) is 0 Å². The van der Waals surface area contributed by atoms with Crippen LogP contribution in [-0.4, -0.2) is 87.5 Å². The number of amides is 4. The Kier molecular flexibility index (Phi) is 11.0. The molecule has 0 atom stereocenters. The fraction of sp³-hybridized carbons (Fsp3) is 0.214. The normalized spacial score (nSPS) is 16.3. The molecule has 0 unspecified atom stereocenters. The Hall–Kier alpha value is -4.52. The molecule has 2 heterocycles. The Labute approximate surface area is 279 Å². The van der Waals surface area contributed by atoms with Gasteiger partial charge in [-0.3, -0.25) is 29.0 Å². The number of thiocarbonyl (C=S) groups is 2. The second-order valence-corrected chi connectivity index (χ2v) is 13.0. The number of aromatic carboxylic acids is 2. The predicted molar refractivity (Wildman–Crippen MR) is 177 cm³/mol. The molecule has 2 aromatic carbocycles. The fourth-order valence-electron chi connectivity index (χ4n) is 4.27. The van der Waals surface area contributed by atoms with Crippen molar-refractivity contribution >= 4 is 104 Å². The van der Waals surface area contributed by atoms with Crippen LogP contribution in [-0.2, 0) is 19.2 Å². The number of thioether (sulfide) groups is 2. The van der Waals surface area contributed by atoms with E-state index >= 15 is 0 Å². The number of anilines is 2. The van der Waals surface area contributed by atoms with Crippen LogP contribution >= 0.6 is 48.0 Å². The van der Waals surface area contributed by atoms with Crippen molar-refractivity contribution in [3.8, 4) is 11.5 Å². The summed E-state index contributed by atoms with van der Waals surface area (Å²) < 4.78 is 0.402. The van der Waals surface area contributed by atoms with E-state index < -0.39 is 47.1 Å². The lowest BCUT2D eigenvalue weighted by atomic mass is 10.1. The molecule has 4 amide bonds. The number of carbonyl (C=O) groups excluding carboxylic acids is 4. The van der Waals surface area contributed by atoms with Gasteiger partial charge in [-0.2, -0.15) is 0 Å². The Bertz CT molecular complexity index is 1600. The Morgan fingerprint density at radius 1 is 0.674 bits per heavy atom. The molecule has 4 rings (SSSR count). The van der Waals surface area contributed by atoms with Crippen molar-refractivity contribution in [2.24, 2.45) is 0 Å². The summed E-state index contributed by atoms with van der Waals surface area (Å²) in [4.78, 5) is 76.2. The summed E-state index contributed by atoms with van der Waals surface area (Å²) in [6, 6.07) is 7.25. The number of phenols is 2. The number of carboxylic acid groups (broad SMARTS) is 2. The van der Waals surface area contributed by atoms with Gasteiger partial charge in [0, 0.05) is 37.3 Å². The van der Waals surface area contributed by atoms with Crippen LogP contribution in [0, 0.1) is 0 Å². The SMILES string of the molecule is O=C(CCCN1C(=O)C(=C2SC(=S)N(CCCC(=O)Nc3ccc(O)c(C(=O)O)c3)C2=O)SC1=S)Nc1ccc(O)c(C(=O)O)c1. The summed E-state index contributed by atoms with van der Waals surface area (Å²) in [7, 11) is 0. The van der Waals surface area contributed by atoms with E-state index in [-0.39, 0.29) is 79.7 Å². The Morgan fingerprint density at radius 2 is 1.04 bits per heavy atom.